The van der Waals surface area contributed by atoms with E-state index in [9.17, 15) is 9.59 Å². The van der Waals surface area contributed by atoms with Crippen molar-refractivity contribution in [3.63, 3.8) is 0 Å². The molecule has 2 rings (SSSR count). The van der Waals surface area contributed by atoms with Gasteiger partial charge in [-0.2, -0.15) is 0 Å². The number of benzene rings is 1. The number of hydrogen-bond donors (Lipinski definition) is 2. The van der Waals surface area contributed by atoms with Crippen LogP contribution in [0.15, 0.2) is 30.3 Å². The van der Waals surface area contributed by atoms with E-state index in [4.69, 9.17) is 9.47 Å². The Morgan fingerprint density at radius 3 is 2.83 bits per heavy atom. The maximum Gasteiger partial charge on any atom is 0.328 e. The van der Waals surface area contributed by atoms with Crippen LogP contribution in [0, 0.1) is 0 Å². The second-order valence-corrected chi connectivity index (χ2v) is 5.49. The number of rotatable bonds is 7. The first-order valence-corrected chi connectivity index (χ1v) is 8.00. The number of esters is 1. The van der Waals surface area contributed by atoms with Crippen LogP contribution < -0.4 is 10.6 Å². The summed E-state index contributed by atoms with van der Waals surface area (Å²) in [5.74, 6) is -0.584. The van der Waals surface area contributed by atoms with Crippen LogP contribution in [0.3, 0.4) is 0 Å². The lowest BCUT2D eigenvalue weighted by atomic mass is 10.1. The minimum atomic E-state index is -0.672. The third kappa shape index (κ3) is 6.00. The molecule has 1 fully saturated rings. The van der Waals surface area contributed by atoms with Gasteiger partial charge >= 0.3 is 5.97 Å². The van der Waals surface area contributed by atoms with E-state index in [1.54, 1.807) is 6.92 Å². The van der Waals surface area contributed by atoms with Crippen molar-refractivity contribution in [2.45, 2.75) is 31.8 Å². The van der Waals surface area contributed by atoms with E-state index < -0.39 is 12.0 Å². The Labute approximate surface area is 136 Å². The fraction of sp³-hybridized carbons (Fsp3) is 0.529. The van der Waals surface area contributed by atoms with E-state index in [2.05, 4.69) is 10.6 Å². The molecule has 23 heavy (non-hydrogen) atoms. The van der Waals surface area contributed by atoms with Crippen molar-refractivity contribution in [1.82, 2.24) is 10.6 Å². The van der Waals surface area contributed by atoms with Crippen molar-refractivity contribution in [2.24, 2.45) is 0 Å². The summed E-state index contributed by atoms with van der Waals surface area (Å²) in [7, 11) is 0. The van der Waals surface area contributed by atoms with Gasteiger partial charge in [-0.15, -0.1) is 0 Å². The summed E-state index contributed by atoms with van der Waals surface area (Å²) in [6.07, 6.45) is 0.699. The average molecular weight is 320 g/mol. The Morgan fingerprint density at radius 2 is 2.17 bits per heavy atom. The molecule has 1 aromatic rings. The Kier molecular flexibility index (Phi) is 7.03. The van der Waals surface area contributed by atoms with Gasteiger partial charge in [-0.25, -0.2) is 4.79 Å². The summed E-state index contributed by atoms with van der Waals surface area (Å²) in [5.41, 5.74) is 0.977. The monoisotopic (exact) mass is 320 g/mol. The Bertz CT molecular complexity index is 501. The zero-order chi connectivity index (χ0) is 16.5. The zero-order valence-corrected chi connectivity index (χ0v) is 13.4. The fourth-order valence-corrected chi connectivity index (χ4v) is 2.51. The van der Waals surface area contributed by atoms with E-state index in [-0.39, 0.29) is 25.0 Å². The molecule has 1 aliphatic heterocycles. The van der Waals surface area contributed by atoms with Gasteiger partial charge in [0.1, 0.15) is 6.04 Å². The summed E-state index contributed by atoms with van der Waals surface area (Å²) in [6, 6.07) is 8.89. The smallest absolute Gasteiger partial charge is 0.328 e. The topological polar surface area (TPSA) is 76.7 Å². The molecule has 6 heteroatoms. The minimum Gasteiger partial charge on any atom is -0.464 e. The molecule has 1 heterocycles. The minimum absolute atomic E-state index is 0.0108. The second kappa shape index (κ2) is 9.27. The van der Waals surface area contributed by atoms with Gasteiger partial charge in [0.25, 0.3) is 0 Å². The molecule has 0 spiro atoms. The van der Waals surface area contributed by atoms with Crippen molar-refractivity contribution < 1.29 is 19.1 Å². The number of amides is 1. The van der Waals surface area contributed by atoms with Crippen LogP contribution in [0.4, 0.5) is 0 Å². The molecule has 0 radical (unpaired) electrons. The van der Waals surface area contributed by atoms with Crippen LogP contribution in [-0.2, 0) is 25.5 Å². The van der Waals surface area contributed by atoms with Gasteiger partial charge in [0, 0.05) is 25.4 Å². The molecule has 6 nitrogen and oxygen atoms in total. The molecule has 1 aliphatic rings. The predicted molar refractivity (Wildman–Crippen MR) is 85.9 cm³/mol. The van der Waals surface area contributed by atoms with E-state index in [0.29, 0.717) is 19.6 Å². The maximum atomic E-state index is 12.2. The molecular weight excluding hydrogens is 296 g/mol. The third-order valence-corrected chi connectivity index (χ3v) is 3.62. The first-order valence-electron chi connectivity index (χ1n) is 8.00. The van der Waals surface area contributed by atoms with Crippen LogP contribution in [0.5, 0.6) is 0 Å². The normalized spacial score (nSPS) is 18.9. The zero-order valence-electron chi connectivity index (χ0n) is 13.4. The Hall–Kier alpha value is -1.92. The molecule has 1 amide bonds. The predicted octanol–water partition coefficient (Wildman–Crippen LogP) is 0.656. The van der Waals surface area contributed by atoms with Crippen molar-refractivity contribution in [3.05, 3.63) is 35.9 Å². The SMILES string of the molecule is CCOC(=O)C(Cc1ccccc1)NC(=O)CC1COCCN1. The number of carbonyl (C=O) groups excluding carboxylic acids is 2. The molecule has 0 aliphatic carbocycles. The number of morpholine rings is 1. The molecule has 0 bridgehead atoms. The number of hydrogen-bond acceptors (Lipinski definition) is 5. The maximum absolute atomic E-state index is 12.2. The van der Waals surface area contributed by atoms with Gasteiger partial charge < -0.3 is 20.1 Å². The van der Waals surface area contributed by atoms with Crippen molar-refractivity contribution >= 4 is 11.9 Å². The third-order valence-electron chi connectivity index (χ3n) is 3.62. The Balaban J connectivity index is 1.93. The number of carbonyl (C=O) groups is 2. The fourth-order valence-electron chi connectivity index (χ4n) is 2.51. The van der Waals surface area contributed by atoms with Gasteiger partial charge in [0.05, 0.1) is 19.8 Å². The molecule has 2 atom stereocenters. The molecule has 2 N–H and O–H groups in total. The van der Waals surface area contributed by atoms with Crippen molar-refractivity contribution in [2.75, 3.05) is 26.4 Å². The molecule has 1 saturated heterocycles. The van der Waals surface area contributed by atoms with E-state index in [1.807, 2.05) is 30.3 Å². The van der Waals surface area contributed by atoms with Gasteiger partial charge in [0.2, 0.25) is 5.91 Å². The largest absolute Gasteiger partial charge is 0.464 e. The summed E-state index contributed by atoms with van der Waals surface area (Å²) < 4.78 is 10.4. The highest BCUT2D eigenvalue weighted by Crippen LogP contribution is 2.06. The quantitative estimate of drug-likeness (QED) is 0.722. The molecular formula is C17H24N2O4. The highest BCUT2D eigenvalue weighted by molar-refractivity contribution is 5.85. The molecule has 1 aromatic carbocycles. The van der Waals surface area contributed by atoms with Gasteiger partial charge in [-0.3, -0.25) is 4.79 Å². The highest BCUT2D eigenvalue weighted by atomic mass is 16.5. The molecule has 0 saturated carbocycles. The van der Waals surface area contributed by atoms with Gasteiger partial charge in [-0.05, 0) is 12.5 Å². The lowest BCUT2D eigenvalue weighted by Gasteiger charge is -2.24. The second-order valence-electron chi connectivity index (χ2n) is 5.49. The van der Waals surface area contributed by atoms with Gasteiger partial charge in [0.15, 0.2) is 0 Å². The first kappa shape index (κ1) is 17.4. The van der Waals surface area contributed by atoms with Crippen LogP contribution in [-0.4, -0.2) is 50.3 Å². The summed E-state index contributed by atoms with van der Waals surface area (Å²) >= 11 is 0. The van der Waals surface area contributed by atoms with Crippen LogP contribution >= 0.6 is 0 Å². The van der Waals surface area contributed by atoms with E-state index >= 15 is 0 Å². The van der Waals surface area contributed by atoms with Crippen molar-refractivity contribution in [3.8, 4) is 0 Å². The molecule has 0 aromatic heterocycles. The van der Waals surface area contributed by atoms with Crippen molar-refractivity contribution in [1.29, 1.82) is 0 Å². The molecule has 2 unspecified atom stereocenters. The first-order chi connectivity index (χ1) is 11.2. The number of nitrogens with one attached hydrogen (secondary N) is 2. The summed E-state index contributed by atoms with van der Waals surface area (Å²) in [6.45, 7) is 3.96. The lowest BCUT2D eigenvalue weighted by molar-refractivity contribution is -0.147. The average Bonchev–Trinajstić information content (AvgIpc) is 2.56. The van der Waals surface area contributed by atoms with Crippen LogP contribution in [0.25, 0.3) is 0 Å². The van der Waals surface area contributed by atoms with Crippen LogP contribution in [0.2, 0.25) is 0 Å². The number of ether oxygens (including phenoxy) is 2. The lowest BCUT2D eigenvalue weighted by Crippen LogP contribution is -2.48. The Morgan fingerprint density at radius 1 is 1.39 bits per heavy atom. The highest BCUT2D eigenvalue weighted by Gasteiger charge is 2.24. The summed E-state index contributed by atoms with van der Waals surface area (Å²) in [5, 5.41) is 6.01. The standard InChI is InChI=1S/C17H24N2O4/c1-2-23-17(21)15(10-13-6-4-3-5-7-13)19-16(20)11-14-12-22-9-8-18-14/h3-7,14-15,18H,2,8-12H2,1H3,(H,19,20). The van der Waals surface area contributed by atoms with E-state index in [1.165, 1.54) is 0 Å². The molecule has 126 valence electrons. The summed E-state index contributed by atoms with van der Waals surface area (Å²) in [4.78, 5) is 24.3. The van der Waals surface area contributed by atoms with Crippen LogP contribution in [0.1, 0.15) is 18.9 Å². The van der Waals surface area contributed by atoms with E-state index in [0.717, 1.165) is 12.1 Å². The van der Waals surface area contributed by atoms with Gasteiger partial charge in [-0.1, -0.05) is 30.3 Å².